The van der Waals surface area contributed by atoms with E-state index in [9.17, 15) is 9.59 Å². The van der Waals surface area contributed by atoms with Crippen molar-refractivity contribution in [3.05, 3.63) is 45.9 Å². The number of benzene rings is 2. The Morgan fingerprint density at radius 3 is 2.21 bits per heavy atom. The molecule has 0 aromatic heterocycles. The Hall–Kier alpha value is -2.74. The summed E-state index contributed by atoms with van der Waals surface area (Å²) in [6, 6.07) is 8.66. The molecule has 156 valence electrons. The van der Waals surface area contributed by atoms with E-state index in [1.54, 1.807) is 0 Å². The lowest BCUT2D eigenvalue weighted by atomic mass is 10.0. The summed E-state index contributed by atoms with van der Waals surface area (Å²) in [4.78, 5) is 24.5. The zero-order valence-corrected chi connectivity index (χ0v) is 18.6. The Balaban J connectivity index is 2.16. The molecule has 2 aromatic rings. The molecule has 2 rings (SSSR count). The molecule has 0 bridgehead atoms. The maximum atomic E-state index is 12.4. The number of anilines is 1. The van der Waals surface area contributed by atoms with Crippen molar-refractivity contribution in [3.63, 3.8) is 0 Å². The second kappa shape index (κ2) is 10.2. The second-order valence-electron chi connectivity index (χ2n) is 6.43. The standard InChI is InChI=1S/C21H24BrNO6/c1-12(2)13-6-7-17(15(22)8-13)29-11-20(24)23-16-10-19(27-4)18(26-3)9-14(16)21(25)28-5/h6-10,12H,11H2,1-5H3,(H,23,24). The zero-order chi connectivity index (χ0) is 21.6. The number of carbonyl (C=O) groups is 2. The first-order valence-electron chi connectivity index (χ1n) is 8.87. The molecule has 7 nitrogen and oxygen atoms in total. The highest BCUT2D eigenvalue weighted by molar-refractivity contribution is 9.10. The van der Waals surface area contributed by atoms with E-state index in [1.165, 1.54) is 33.5 Å². The van der Waals surface area contributed by atoms with Crippen molar-refractivity contribution in [3.8, 4) is 17.2 Å². The molecule has 1 amide bonds. The summed E-state index contributed by atoms with van der Waals surface area (Å²) in [5.41, 5.74) is 1.53. The average Bonchev–Trinajstić information content (AvgIpc) is 2.71. The Morgan fingerprint density at radius 2 is 1.66 bits per heavy atom. The van der Waals surface area contributed by atoms with Gasteiger partial charge in [0.2, 0.25) is 0 Å². The van der Waals surface area contributed by atoms with Crippen LogP contribution in [0.1, 0.15) is 35.7 Å². The van der Waals surface area contributed by atoms with Crippen LogP contribution in [-0.4, -0.2) is 39.8 Å². The van der Waals surface area contributed by atoms with Gasteiger partial charge in [-0.3, -0.25) is 4.79 Å². The molecule has 0 saturated carbocycles. The lowest BCUT2D eigenvalue weighted by Gasteiger charge is -2.15. The summed E-state index contributed by atoms with van der Waals surface area (Å²) in [6.07, 6.45) is 0. The maximum absolute atomic E-state index is 12.4. The molecule has 0 aliphatic rings. The van der Waals surface area contributed by atoms with Crippen LogP contribution in [0.25, 0.3) is 0 Å². The van der Waals surface area contributed by atoms with Crippen LogP contribution < -0.4 is 19.5 Å². The minimum Gasteiger partial charge on any atom is -0.493 e. The molecule has 0 spiro atoms. The molecule has 0 atom stereocenters. The van der Waals surface area contributed by atoms with E-state index in [0.717, 1.165) is 10.0 Å². The smallest absolute Gasteiger partial charge is 0.340 e. The van der Waals surface area contributed by atoms with Gasteiger partial charge in [0.25, 0.3) is 5.91 Å². The highest BCUT2D eigenvalue weighted by Gasteiger charge is 2.19. The number of hydrogen-bond donors (Lipinski definition) is 1. The molecule has 0 radical (unpaired) electrons. The number of amides is 1. The molecule has 0 aliphatic carbocycles. The fourth-order valence-corrected chi connectivity index (χ4v) is 3.10. The summed E-state index contributed by atoms with van der Waals surface area (Å²) >= 11 is 3.46. The van der Waals surface area contributed by atoms with Crippen LogP contribution in [0.5, 0.6) is 17.2 Å². The predicted octanol–water partition coefficient (Wildman–Crippen LogP) is 4.39. The van der Waals surface area contributed by atoms with E-state index in [1.807, 2.05) is 18.2 Å². The first kappa shape index (κ1) is 22.5. The lowest BCUT2D eigenvalue weighted by molar-refractivity contribution is -0.118. The minimum absolute atomic E-state index is 0.140. The summed E-state index contributed by atoms with van der Waals surface area (Å²) in [6.45, 7) is 3.95. The number of carbonyl (C=O) groups excluding carboxylic acids is 2. The van der Waals surface area contributed by atoms with Crippen LogP contribution in [0, 0.1) is 0 Å². The fourth-order valence-electron chi connectivity index (χ4n) is 2.58. The van der Waals surface area contributed by atoms with Gasteiger partial charge in [-0.1, -0.05) is 19.9 Å². The van der Waals surface area contributed by atoms with Crippen LogP contribution in [0.15, 0.2) is 34.8 Å². The van der Waals surface area contributed by atoms with Gasteiger partial charge in [0.05, 0.1) is 37.1 Å². The van der Waals surface area contributed by atoms with Gasteiger partial charge in [-0.15, -0.1) is 0 Å². The van der Waals surface area contributed by atoms with E-state index in [4.69, 9.17) is 18.9 Å². The summed E-state index contributed by atoms with van der Waals surface area (Å²) in [7, 11) is 4.17. The topological polar surface area (TPSA) is 83.1 Å². The molecule has 8 heteroatoms. The molecular formula is C21H24BrNO6. The molecule has 2 aromatic carbocycles. The fraction of sp³-hybridized carbons (Fsp3) is 0.333. The second-order valence-corrected chi connectivity index (χ2v) is 7.28. The number of nitrogens with one attached hydrogen (secondary N) is 1. The Morgan fingerprint density at radius 1 is 1.00 bits per heavy atom. The van der Waals surface area contributed by atoms with Crippen LogP contribution in [0.3, 0.4) is 0 Å². The number of hydrogen-bond acceptors (Lipinski definition) is 6. The molecule has 0 unspecified atom stereocenters. The van der Waals surface area contributed by atoms with Crippen LogP contribution in [0.4, 0.5) is 5.69 Å². The monoisotopic (exact) mass is 465 g/mol. The summed E-state index contributed by atoms with van der Waals surface area (Å²) < 4.78 is 21.6. The van der Waals surface area contributed by atoms with Gasteiger partial charge in [0.1, 0.15) is 5.75 Å². The summed E-state index contributed by atoms with van der Waals surface area (Å²) in [5, 5.41) is 2.66. The van der Waals surface area contributed by atoms with Gasteiger partial charge < -0.3 is 24.3 Å². The highest BCUT2D eigenvalue weighted by Crippen LogP contribution is 2.34. The SMILES string of the molecule is COC(=O)c1cc(OC)c(OC)cc1NC(=O)COc1ccc(C(C)C)cc1Br. The van der Waals surface area contributed by atoms with Gasteiger partial charge in [-0.05, 0) is 39.5 Å². The molecule has 0 saturated heterocycles. The van der Waals surface area contributed by atoms with Crippen molar-refractivity contribution in [2.24, 2.45) is 0 Å². The number of ether oxygens (including phenoxy) is 4. The van der Waals surface area contributed by atoms with Gasteiger partial charge >= 0.3 is 5.97 Å². The van der Waals surface area contributed by atoms with Gasteiger partial charge in [-0.2, -0.15) is 0 Å². The number of methoxy groups -OCH3 is 3. The van der Waals surface area contributed by atoms with Crippen LogP contribution in [0.2, 0.25) is 0 Å². The molecule has 29 heavy (non-hydrogen) atoms. The normalized spacial score (nSPS) is 10.4. The van der Waals surface area contributed by atoms with Crippen molar-refractivity contribution >= 4 is 33.5 Å². The van der Waals surface area contributed by atoms with E-state index >= 15 is 0 Å². The van der Waals surface area contributed by atoms with Gasteiger partial charge in [0, 0.05) is 12.1 Å². The van der Waals surface area contributed by atoms with E-state index < -0.39 is 11.9 Å². The third kappa shape index (κ3) is 5.63. The van der Waals surface area contributed by atoms with Gasteiger partial charge in [-0.25, -0.2) is 4.79 Å². The first-order chi connectivity index (χ1) is 13.8. The molecule has 0 heterocycles. The third-order valence-electron chi connectivity index (χ3n) is 4.18. The molecule has 0 aliphatic heterocycles. The third-order valence-corrected chi connectivity index (χ3v) is 4.80. The Kier molecular flexibility index (Phi) is 7.90. The van der Waals surface area contributed by atoms with Crippen molar-refractivity contribution in [1.29, 1.82) is 0 Å². The number of esters is 1. The number of rotatable bonds is 8. The Labute approximate surface area is 178 Å². The number of halogens is 1. The van der Waals surface area contributed by atoms with E-state index in [2.05, 4.69) is 35.1 Å². The molecule has 0 fully saturated rings. The quantitative estimate of drug-likeness (QED) is 0.581. The van der Waals surface area contributed by atoms with Crippen LogP contribution in [-0.2, 0) is 9.53 Å². The van der Waals surface area contributed by atoms with Gasteiger partial charge in [0.15, 0.2) is 18.1 Å². The largest absolute Gasteiger partial charge is 0.493 e. The van der Waals surface area contributed by atoms with Crippen molar-refractivity contribution in [2.45, 2.75) is 19.8 Å². The minimum atomic E-state index is -0.616. The van der Waals surface area contributed by atoms with E-state index in [-0.39, 0.29) is 17.9 Å². The Bertz CT molecular complexity index is 897. The molecule has 1 N–H and O–H groups in total. The first-order valence-corrected chi connectivity index (χ1v) is 9.66. The zero-order valence-electron chi connectivity index (χ0n) is 17.0. The van der Waals surface area contributed by atoms with Crippen molar-refractivity contribution in [1.82, 2.24) is 0 Å². The highest BCUT2D eigenvalue weighted by atomic mass is 79.9. The van der Waals surface area contributed by atoms with Crippen molar-refractivity contribution in [2.75, 3.05) is 33.3 Å². The molecular weight excluding hydrogens is 442 g/mol. The average molecular weight is 466 g/mol. The van der Waals surface area contributed by atoms with Crippen LogP contribution >= 0.6 is 15.9 Å². The maximum Gasteiger partial charge on any atom is 0.340 e. The lowest BCUT2D eigenvalue weighted by Crippen LogP contribution is -2.22. The van der Waals surface area contributed by atoms with Crippen molar-refractivity contribution < 1.29 is 28.5 Å². The predicted molar refractivity (Wildman–Crippen MR) is 113 cm³/mol. The van der Waals surface area contributed by atoms with E-state index in [0.29, 0.717) is 23.2 Å². The summed E-state index contributed by atoms with van der Waals surface area (Å²) in [5.74, 6) is 0.576.